The lowest BCUT2D eigenvalue weighted by Gasteiger charge is -2.34. The van der Waals surface area contributed by atoms with Gasteiger partial charge >= 0.3 is 0 Å². The van der Waals surface area contributed by atoms with Crippen molar-refractivity contribution in [2.75, 3.05) is 24.3 Å². The molecule has 0 saturated carbocycles. The van der Waals surface area contributed by atoms with Gasteiger partial charge in [-0.2, -0.15) is 11.8 Å². The van der Waals surface area contributed by atoms with Gasteiger partial charge in [-0.25, -0.2) is 8.42 Å². The van der Waals surface area contributed by atoms with Crippen molar-refractivity contribution in [2.24, 2.45) is 0 Å². The van der Waals surface area contributed by atoms with Crippen molar-refractivity contribution in [2.45, 2.75) is 5.37 Å². The highest BCUT2D eigenvalue weighted by Gasteiger charge is 2.35. The van der Waals surface area contributed by atoms with E-state index < -0.39 is 15.2 Å². The standard InChI is InChI=1S/C11H13ClN2O3S2/c1-19(16,17)10-7-18-5-4-14(10)11(15)8-2-3-13-6-9(8)12/h2-3,6,10H,4-5,7H2,1H3. The van der Waals surface area contributed by atoms with Crippen molar-refractivity contribution in [3.05, 3.63) is 29.0 Å². The first-order valence-corrected chi connectivity index (χ1v) is 9.07. The van der Waals surface area contributed by atoms with Crippen molar-refractivity contribution in [1.82, 2.24) is 9.88 Å². The molecule has 5 nitrogen and oxygen atoms in total. The van der Waals surface area contributed by atoms with Crippen LogP contribution in [0.25, 0.3) is 0 Å². The Bertz CT molecular complexity index is 591. The van der Waals surface area contributed by atoms with Crippen LogP contribution in [0, 0.1) is 0 Å². The van der Waals surface area contributed by atoms with Gasteiger partial charge in [0, 0.05) is 36.7 Å². The number of rotatable bonds is 2. The monoisotopic (exact) mass is 320 g/mol. The molecule has 1 unspecified atom stereocenters. The molecule has 1 amide bonds. The molecule has 1 saturated heterocycles. The number of amides is 1. The SMILES string of the molecule is CS(=O)(=O)C1CSCCN1C(=O)c1ccncc1Cl. The maximum atomic E-state index is 12.4. The zero-order valence-corrected chi connectivity index (χ0v) is 12.6. The highest BCUT2D eigenvalue weighted by molar-refractivity contribution is 8.00. The first kappa shape index (κ1) is 14.6. The molecule has 1 aromatic heterocycles. The Morgan fingerprint density at radius 1 is 1.58 bits per heavy atom. The predicted octanol–water partition coefficient (Wildman–Crippen LogP) is 1.29. The third-order valence-electron chi connectivity index (χ3n) is 2.84. The number of hydrogen-bond donors (Lipinski definition) is 0. The summed E-state index contributed by atoms with van der Waals surface area (Å²) >= 11 is 7.47. The maximum Gasteiger partial charge on any atom is 0.256 e. The topological polar surface area (TPSA) is 67.3 Å². The molecule has 19 heavy (non-hydrogen) atoms. The third-order valence-corrected chi connectivity index (χ3v) is 5.79. The number of hydrogen-bond acceptors (Lipinski definition) is 5. The molecule has 0 bridgehead atoms. The fourth-order valence-electron chi connectivity index (χ4n) is 1.87. The summed E-state index contributed by atoms with van der Waals surface area (Å²) in [6.45, 7) is 0.403. The van der Waals surface area contributed by atoms with Crippen LogP contribution in [0.2, 0.25) is 5.02 Å². The van der Waals surface area contributed by atoms with E-state index in [0.717, 1.165) is 12.0 Å². The molecule has 1 fully saturated rings. The molecule has 1 atom stereocenters. The van der Waals surface area contributed by atoms with E-state index in [4.69, 9.17) is 11.6 Å². The molecule has 2 rings (SSSR count). The van der Waals surface area contributed by atoms with Gasteiger partial charge in [-0.05, 0) is 6.07 Å². The molecule has 0 aliphatic carbocycles. The molecule has 1 aliphatic rings. The maximum absolute atomic E-state index is 12.4. The van der Waals surface area contributed by atoms with Gasteiger partial charge in [0.15, 0.2) is 9.84 Å². The van der Waals surface area contributed by atoms with E-state index in [9.17, 15) is 13.2 Å². The Kier molecular flexibility index (Phi) is 4.37. The van der Waals surface area contributed by atoms with Gasteiger partial charge in [0.1, 0.15) is 5.37 Å². The van der Waals surface area contributed by atoms with Gasteiger partial charge in [0.2, 0.25) is 0 Å². The van der Waals surface area contributed by atoms with Crippen LogP contribution < -0.4 is 0 Å². The van der Waals surface area contributed by atoms with Crippen molar-refractivity contribution < 1.29 is 13.2 Å². The van der Waals surface area contributed by atoms with Gasteiger partial charge in [0.05, 0.1) is 10.6 Å². The number of halogens is 1. The lowest BCUT2D eigenvalue weighted by atomic mass is 10.2. The average Bonchev–Trinajstić information content (AvgIpc) is 2.37. The summed E-state index contributed by atoms with van der Waals surface area (Å²) in [7, 11) is -3.32. The van der Waals surface area contributed by atoms with E-state index in [1.807, 2.05) is 0 Å². The molecule has 0 N–H and O–H groups in total. The molecular weight excluding hydrogens is 308 g/mol. The number of aromatic nitrogens is 1. The van der Waals surface area contributed by atoms with Crippen molar-refractivity contribution in [1.29, 1.82) is 0 Å². The van der Waals surface area contributed by atoms with Crippen LogP contribution in [0.1, 0.15) is 10.4 Å². The number of nitrogens with zero attached hydrogens (tertiary/aromatic N) is 2. The Balaban J connectivity index is 2.34. The van der Waals surface area contributed by atoms with Crippen LogP contribution in [0.4, 0.5) is 0 Å². The largest absolute Gasteiger partial charge is 0.320 e. The summed E-state index contributed by atoms with van der Waals surface area (Å²) in [5.41, 5.74) is 0.289. The van der Waals surface area contributed by atoms with Gasteiger partial charge in [-0.15, -0.1) is 0 Å². The molecule has 0 spiro atoms. The summed E-state index contributed by atoms with van der Waals surface area (Å²) < 4.78 is 23.5. The summed E-state index contributed by atoms with van der Waals surface area (Å²) in [5.74, 6) is 0.761. The van der Waals surface area contributed by atoms with Crippen LogP contribution in [0.3, 0.4) is 0 Å². The second-order valence-corrected chi connectivity index (χ2v) is 7.97. The number of sulfone groups is 1. The lowest BCUT2D eigenvalue weighted by molar-refractivity contribution is 0.0749. The zero-order chi connectivity index (χ0) is 14.0. The zero-order valence-electron chi connectivity index (χ0n) is 10.2. The van der Waals surface area contributed by atoms with Crippen LogP contribution in [-0.4, -0.2) is 53.9 Å². The van der Waals surface area contributed by atoms with Crippen LogP contribution in [0.15, 0.2) is 18.5 Å². The summed E-state index contributed by atoms with van der Waals surface area (Å²) in [5, 5.41) is -0.555. The Hall–Kier alpha value is -0.790. The smallest absolute Gasteiger partial charge is 0.256 e. The second-order valence-electron chi connectivity index (χ2n) is 4.21. The fraction of sp³-hybridized carbons (Fsp3) is 0.455. The van der Waals surface area contributed by atoms with E-state index in [2.05, 4.69) is 4.98 Å². The minimum Gasteiger partial charge on any atom is -0.320 e. The van der Waals surface area contributed by atoms with E-state index >= 15 is 0 Å². The van der Waals surface area contributed by atoms with E-state index in [-0.39, 0.29) is 16.5 Å². The van der Waals surface area contributed by atoms with Crippen LogP contribution in [-0.2, 0) is 9.84 Å². The molecule has 2 heterocycles. The quantitative estimate of drug-likeness (QED) is 0.821. The van der Waals surface area contributed by atoms with Gasteiger partial charge < -0.3 is 4.90 Å². The van der Waals surface area contributed by atoms with E-state index in [1.165, 1.54) is 35.1 Å². The molecule has 1 aromatic rings. The molecule has 104 valence electrons. The third kappa shape index (κ3) is 3.21. The second kappa shape index (κ2) is 5.68. The minimum absolute atomic E-state index is 0.234. The minimum atomic E-state index is -3.32. The number of carbonyl (C=O) groups is 1. The van der Waals surface area contributed by atoms with Crippen LogP contribution >= 0.6 is 23.4 Å². The fourth-order valence-corrected chi connectivity index (χ4v) is 4.89. The Morgan fingerprint density at radius 3 is 2.95 bits per heavy atom. The Morgan fingerprint density at radius 2 is 2.32 bits per heavy atom. The van der Waals surface area contributed by atoms with Gasteiger partial charge in [0.25, 0.3) is 5.91 Å². The number of carbonyl (C=O) groups excluding carboxylic acids is 1. The average molecular weight is 321 g/mol. The molecule has 0 aromatic carbocycles. The van der Waals surface area contributed by atoms with Gasteiger partial charge in [-0.1, -0.05) is 11.6 Å². The van der Waals surface area contributed by atoms with Crippen molar-refractivity contribution >= 4 is 39.1 Å². The highest BCUT2D eigenvalue weighted by atomic mass is 35.5. The number of thioether (sulfide) groups is 1. The van der Waals surface area contributed by atoms with Crippen molar-refractivity contribution in [3.8, 4) is 0 Å². The van der Waals surface area contributed by atoms with E-state index in [0.29, 0.717) is 12.3 Å². The van der Waals surface area contributed by atoms with Gasteiger partial charge in [-0.3, -0.25) is 9.78 Å². The van der Waals surface area contributed by atoms with Crippen LogP contribution in [0.5, 0.6) is 0 Å². The molecule has 8 heteroatoms. The highest BCUT2D eigenvalue weighted by Crippen LogP contribution is 2.24. The summed E-state index contributed by atoms with van der Waals surface area (Å²) in [6, 6.07) is 1.51. The summed E-state index contributed by atoms with van der Waals surface area (Å²) in [4.78, 5) is 17.6. The molecule has 1 aliphatic heterocycles. The molecular formula is C11H13ClN2O3S2. The normalized spacial score (nSPS) is 20.3. The predicted molar refractivity (Wildman–Crippen MR) is 76.2 cm³/mol. The lowest BCUT2D eigenvalue weighted by Crippen LogP contribution is -2.49. The summed E-state index contributed by atoms with van der Waals surface area (Å²) in [6.07, 6.45) is 3.99. The first-order chi connectivity index (χ1) is 8.91. The molecule has 0 radical (unpaired) electrons. The Labute approximate surface area is 121 Å². The van der Waals surface area contributed by atoms with Crippen molar-refractivity contribution in [3.63, 3.8) is 0 Å². The van der Waals surface area contributed by atoms with E-state index in [1.54, 1.807) is 0 Å². The first-order valence-electron chi connectivity index (χ1n) is 5.58. The number of pyridine rings is 1.